The van der Waals surface area contributed by atoms with Crippen molar-refractivity contribution in [3.63, 3.8) is 0 Å². The van der Waals surface area contributed by atoms with Gasteiger partial charge in [0.05, 0.1) is 30.7 Å². The van der Waals surface area contributed by atoms with Gasteiger partial charge < -0.3 is 19.1 Å². The summed E-state index contributed by atoms with van der Waals surface area (Å²) in [5, 5.41) is 10.8. The van der Waals surface area contributed by atoms with E-state index in [2.05, 4.69) is 4.90 Å². The number of ether oxygens (including phenoxy) is 2. The zero-order chi connectivity index (χ0) is 22.4. The number of rotatable bonds is 8. The predicted molar refractivity (Wildman–Crippen MR) is 118 cm³/mol. The number of carbonyl (C=O) groups excluding carboxylic acids is 1. The van der Waals surface area contributed by atoms with Gasteiger partial charge >= 0.3 is 5.97 Å². The molecule has 0 unspecified atom stereocenters. The molecule has 0 spiro atoms. The Labute approximate surface area is 183 Å². The Kier molecular flexibility index (Phi) is 7.87. The highest BCUT2D eigenvalue weighted by molar-refractivity contribution is 5.72. The van der Waals surface area contributed by atoms with Crippen LogP contribution in [0, 0.1) is 12.8 Å². The van der Waals surface area contributed by atoms with E-state index in [1.54, 1.807) is 17.7 Å². The van der Waals surface area contributed by atoms with E-state index in [-0.39, 0.29) is 23.2 Å². The average molecular weight is 429 g/mol. The molecule has 1 atom stereocenters. The van der Waals surface area contributed by atoms with E-state index in [4.69, 9.17) is 9.47 Å². The van der Waals surface area contributed by atoms with Gasteiger partial charge in [-0.1, -0.05) is 30.3 Å². The number of esters is 1. The van der Waals surface area contributed by atoms with Gasteiger partial charge in [-0.05, 0) is 51.4 Å². The molecule has 1 aliphatic heterocycles. The third-order valence-corrected chi connectivity index (χ3v) is 5.95. The number of carbonyl (C=O) groups is 1. The van der Waals surface area contributed by atoms with Crippen LogP contribution in [0.3, 0.4) is 0 Å². The molecule has 2 heterocycles. The monoisotopic (exact) mass is 428 g/mol. The Balaban J connectivity index is 1.99. The summed E-state index contributed by atoms with van der Waals surface area (Å²) in [6, 6.07) is 11.0. The quantitative estimate of drug-likeness (QED) is 0.651. The van der Waals surface area contributed by atoms with Crippen molar-refractivity contribution in [2.45, 2.75) is 39.3 Å². The fourth-order valence-electron chi connectivity index (χ4n) is 4.34. The topological polar surface area (TPSA) is 81.0 Å². The SMILES string of the molecule is CCOC(=O)C1CCN([C@@H](c2ccccc2)c2c(O)cc(C)n(CCOC)c2=O)CC1. The number of methoxy groups -OCH3 is 1. The van der Waals surface area contributed by atoms with Crippen molar-refractivity contribution in [1.29, 1.82) is 0 Å². The van der Waals surface area contributed by atoms with E-state index in [1.807, 2.05) is 44.2 Å². The van der Waals surface area contributed by atoms with Gasteiger partial charge in [0.1, 0.15) is 5.75 Å². The second-order valence-corrected chi connectivity index (χ2v) is 7.91. The van der Waals surface area contributed by atoms with Gasteiger partial charge in [-0.25, -0.2) is 0 Å². The lowest BCUT2D eigenvalue weighted by Gasteiger charge is -2.37. The molecule has 0 saturated carbocycles. The Morgan fingerprint density at radius 1 is 1.23 bits per heavy atom. The molecule has 1 aliphatic rings. The number of benzene rings is 1. The Morgan fingerprint density at radius 3 is 2.52 bits per heavy atom. The van der Waals surface area contributed by atoms with Gasteiger partial charge in [-0.2, -0.15) is 0 Å². The minimum atomic E-state index is -0.397. The standard InChI is InChI=1S/C24H32N2O5/c1-4-31-24(29)19-10-12-25(13-11-19)22(18-8-6-5-7-9-18)21-20(27)16-17(2)26(23(21)28)14-15-30-3/h5-9,16,19,22,27H,4,10-15H2,1-3H3/t22-/m0/s1. The van der Waals surface area contributed by atoms with Crippen molar-refractivity contribution in [3.8, 4) is 5.75 Å². The van der Waals surface area contributed by atoms with Crippen LogP contribution in [-0.2, 0) is 20.8 Å². The van der Waals surface area contributed by atoms with Crippen molar-refractivity contribution in [3.05, 3.63) is 63.6 Å². The number of aromatic nitrogens is 1. The normalized spacial score (nSPS) is 16.2. The van der Waals surface area contributed by atoms with Gasteiger partial charge in [0.15, 0.2) is 0 Å². The average Bonchev–Trinajstić information content (AvgIpc) is 2.77. The van der Waals surface area contributed by atoms with Crippen LogP contribution in [0.4, 0.5) is 0 Å². The van der Waals surface area contributed by atoms with Crippen molar-refractivity contribution in [1.82, 2.24) is 9.47 Å². The van der Waals surface area contributed by atoms with Crippen LogP contribution in [0.5, 0.6) is 5.75 Å². The molecule has 31 heavy (non-hydrogen) atoms. The second kappa shape index (κ2) is 10.6. The highest BCUT2D eigenvalue weighted by atomic mass is 16.5. The smallest absolute Gasteiger partial charge is 0.309 e. The molecule has 1 fully saturated rings. The molecule has 1 saturated heterocycles. The zero-order valence-electron chi connectivity index (χ0n) is 18.5. The molecule has 0 aliphatic carbocycles. The summed E-state index contributed by atoms with van der Waals surface area (Å²) in [6.45, 7) is 6.09. The van der Waals surface area contributed by atoms with Crippen LogP contribution >= 0.6 is 0 Å². The maximum absolute atomic E-state index is 13.5. The summed E-state index contributed by atoms with van der Waals surface area (Å²) in [7, 11) is 1.60. The van der Waals surface area contributed by atoms with Gasteiger partial charge in [0.2, 0.25) is 0 Å². The van der Waals surface area contributed by atoms with Crippen molar-refractivity contribution in [2.24, 2.45) is 5.92 Å². The van der Waals surface area contributed by atoms with E-state index >= 15 is 0 Å². The number of hydrogen-bond donors (Lipinski definition) is 1. The largest absolute Gasteiger partial charge is 0.507 e. The van der Waals surface area contributed by atoms with Gasteiger partial charge in [-0.3, -0.25) is 14.5 Å². The van der Waals surface area contributed by atoms with Gasteiger partial charge in [0, 0.05) is 19.3 Å². The Hall–Kier alpha value is -2.64. The first kappa shape index (κ1) is 23.0. The third-order valence-electron chi connectivity index (χ3n) is 5.95. The highest BCUT2D eigenvalue weighted by Crippen LogP contribution is 2.35. The summed E-state index contributed by atoms with van der Waals surface area (Å²) < 4.78 is 12.0. The van der Waals surface area contributed by atoms with Crippen LogP contribution in [-0.4, -0.2) is 54.0 Å². The Morgan fingerprint density at radius 2 is 1.90 bits per heavy atom. The first-order valence-corrected chi connectivity index (χ1v) is 10.9. The zero-order valence-corrected chi connectivity index (χ0v) is 18.5. The highest BCUT2D eigenvalue weighted by Gasteiger charge is 2.34. The number of piperidine rings is 1. The number of aryl methyl sites for hydroxylation is 1. The fourth-order valence-corrected chi connectivity index (χ4v) is 4.34. The molecule has 3 rings (SSSR count). The van der Waals surface area contributed by atoms with Crippen molar-refractivity contribution >= 4 is 5.97 Å². The number of pyridine rings is 1. The van der Waals surface area contributed by atoms with Crippen LogP contribution < -0.4 is 5.56 Å². The van der Waals surface area contributed by atoms with Crippen LogP contribution in [0.25, 0.3) is 0 Å². The lowest BCUT2D eigenvalue weighted by atomic mass is 9.91. The lowest BCUT2D eigenvalue weighted by Crippen LogP contribution is -2.42. The van der Waals surface area contributed by atoms with E-state index in [1.165, 1.54) is 0 Å². The fraction of sp³-hybridized carbons (Fsp3) is 0.500. The molecule has 0 radical (unpaired) electrons. The first-order valence-electron chi connectivity index (χ1n) is 10.9. The minimum absolute atomic E-state index is 0.00228. The van der Waals surface area contributed by atoms with E-state index in [0.29, 0.717) is 56.9 Å². The molecule has 7 nitrogen and oxygen atoms in total. The van der Waals surface area contributed by atoms with Gasteiger partial charge in [-0.15, -0.1) is 0 Å². The lowest BCUT2D eigenvalue weighted by molar-refractivity contribution is -0.149. The summed E-state index contributed by atoms with van der Waals surface area (Å²) in [5.74, 6) is -0.284. The minimum Gasteiger partial charge on any atom is -0.507 e. The molecule has 1 aromatic carbocycles. The summed E-state index contributed by atoms with van der Waals surface area (Å²) in [4.78, 5) is 27.8. The predicted octanol–water partition coefficient (Wildman–Crippen LogP) is 2.87. The second-order valence-electron chi connectivity index (χ2n) is 7.91. The maximum Gasteiger partial charge on any atom is 0.309 e. The first-order chi connectivity index (χ1) is 15.0. The number of aromatic hydroxyl groups is 1. The third kappa shape index (κ3) is 5.17. The molecule has 168 valence electrons. The molecular formula is C24H32N2O5. The molecule has 1 N–H and O–H groups in total. The number of hydrogen-bond acceptors (Lipinski definition) is 6. The number of likely N-dealkylation sites (tertiary alicyclic amines) is 1. The summed E-state index contributed by atoms with van der Waals surface area (Å²) in [5.41, 5.74) is 1.78. The maximum atomic E-state index is 13.5. The van der Waals surface area contributed by atoms with E-state index in [9.17, 15) is 14.7 Å². The molecule has 0 amide bonds. The van der Waals surface area contributed by atoms with Crippen molar-refractivity contribution in [2.75, 3.05) is 33.4 Å². The molecule has 0 bridgehead atoms. The summed E-state index contributed by atoms with van der Waals surface area (Å²) >= 11 is 0. The van der Waals surface area contributed by atoms with Gasteiger partial charge in [0.25, 0.3) is 5.56 Å². The number of nitrogens with zero attached hydrogens (tertiary/aromatic N) is 2. The van der Waals surface area contributed by atoms with Crippen molar-refractivity contribution < 1.29 is 19.4 Å². The van der Waals surface area contributed by atoms with E-state index in [0.717, 1.165) is 5.56 Å². The van der Waals surface area contributed by atoms with E-state index < -0.39 is 6.04 Å². The molecular weight excluding hydrogens is 396 g/mol. The van der Waals surface area contributed by atoms with Crippen LogP contribution in [0.15, 0.2) is 41.2 Å². The van der Waals surface area contributed by atoms with Crippen LogP contribution in [0.1, 0.15) is 42.6 Å². The molecule has 1 aromatic heterocycles. The molecule has 2 aromatic rings. The Bertz CT molecular complexity index is 933. The van der Waals surface area contributed by atoms with Crippen LogP contribution in [0.2, 0.25) is 0 Å². The summed E-state index contributed by atoms with van der Waals surface area (Å²) in [6.07, 6.45) is 1.32. The molecule has 7 heteroatoms.